The smallest absolute Gasteiger partial charge is 0.247 e. The minimum Gasteiger partial charge on any atom is -0.418 e. The highest BCUT2D eigenvalue weighted by Crippen LogP contribution is 2.31. The van der Waals surface area contributed by atoms with Crippen molar-refractivity contribution in [1.29, 1.82) is 5.26 Å². The number of nitriles is 1. The predicted molar refractivity (Wildman–Crippen MR) is 106 cm³/mol. The Bertz CT molecular complexity index is 996. The van der Waals surface area contributed by atoms with Crippen molar-refractivity contribution in [2.24, 2.45) is 0 Å². The SMILES string of the molecule is Cc1c(NC(c2nnc(-c3ccc(Br)cc3)o2)[C@H](C)O)ccc(C#N)c1Cl. The van der Waals surface area contributed by atoms with Gasteiger partial charge in [-0.15, -0.1) is 10.2 Å². The van der Waals surface area contributed by atoms with Gasteiger partial charge in [-0.3, -0.25) is 0 Å². The van der Waals surface area contributed by atoms with Gasteiger partial charge >= 0.3 is 0 Å². The van der Waals surface area contributed by atoms with Crippen molar-refractivity contribution in [2.45, 2.75) is 26.0 Å². The van der Waals surface area contributed by atoms with Gasteiger partial charge in [0.15, 0.2) is 0 Å². The van der Waals surface area contributed by atoms with E-state index in [-0.39, 0.29) is 5.89 Å². The van der Waals surface area contributed by atoms with Gasteiger partial charge in [-0.25, -0.2) is 0 Å². The Morgan fingerprint density at radius 1 is 1.22 bits per heavy atom. The second-order valence-corrected chi connectivity index (χ2v) is 7.32. The van der Waals surface area contributed by atoms with E-state index in [0.29, 0.717) is 27.7 Å². The molecule has 8 heteroatoms. The highest BCUT2D eigenvalue weighted by Gasteiger charge is 2.25. The Labute approximate surface area is 169 Å². The Morgan fingerprint density at radius 3 is 2.56 bits per heavy atom. The lowest BCUT2D eigenvalue weighted by Gasteiger charge is -2.21. The normalized spacial score (nSPS) is 13.0. The Morgan fingerprint density at radius 2 is 1.93 bits per heavy atom. The number of anilines is 1. The molecule has 1 aromatic heterocycles. The van der Waals surface area contributed by atoms with E-state index in [1.54, 1.807) is 26.0 Å². The first kappa shape index (κ1) is 19.4. The van der Waals surface area contributed by atoms with Crippen molar-refractivity contribution in [3.63, 3.8) is 0 Å². The largest absolute Gasteiger partial charge is 0.418 e. The third-order valence-electron chi connectivity index (χ3n) is 4.10. The molecule has 0 fully saturated rings. The van der Waals surface area contributed by atoms with E-state index in [4.69, 9.17) is 21.3 Å². The van der Waals surface area contributed by atoms with Crippen LogP contribution in [0.25, 0.3) is 11.5 Å². The van der Waals surface area contributed by atoms with E-state index in [2.05, 4.69) is 31.4 Å². The third kappa shape index (κ3) is 4.14. The molecule has 0 aliphatic heterocycles. The number of aromatic nitrogens is 2. The number of hydrogen-bond donors (Lipinski definition) is 2. The Hall–Kier alpha value is -2.40. The molecule has 0 saturated heterocycles. The van der Waals surface area contributed by atoms with Gasteiger partial charge < -0.3 is 14.8 Å². The number of aliphatic hydroxyl groups excluding tert-OH is 1. The fraction of sp³-hybridized carbons (Fsp3) is 0.211. The van der Waals surface area contributed by atoms with E-state index < -0.39 is 12.1 Å². The number of halogens is 2. The molecule has 2 aromatic carbocycles. The molecule has 2 atom stereocenters. The Kier molecular flexibility index (Phi) is 5.80. The van der Waals surface area contributed by atoms with Crippen LogP contribution in [0.15, 0.2) is 45.3 Å². The van der Waals surface area contributed by atoms with Crippen LogP contribution in [0.2, 0.25) is 5.02 Å². The van der Waals surface area contributed by atoms with Crippen LogP contribution in [-0.2, 0) is 0 Å². The monoisotopic (exact) mass is 446 g/mol. The van der Waals surface area contributed by atoms with E-state index in [0.717, 1.165) is 10.0 Å². The topological polar surface area (TPSA) is 95.0 Å². The number of nitrogens with one attached hydrogen (secondary N) is 1. The molecule has 27 heavy (non-hydrogen) atoms. The summed E-state index contributed by atoms with van der Waals surface area (Å²) in [6.07, 6.45) is -0.808. The van der Waals surface area contributed by atoms with Gasteiger partial charge in [0, 0.05) is 15.7 Å². The molecule has 0 spiro atoms. The second kappa shape index (κ2) is 8.09. The van der Waals surface area contributed by atoms with Crippen LogP contribution < -0.4 is 5.32 Å². The van der Waals surface area contributed by atoms with Crippen LogP contribution in [0.4, 0.5) is 5.69 Å². The molecule has 0 saturated carbocycles. The summed E-state index contributed by atoms with van der Waals surface area (Å²) in [7, 11) is 0. The van der Waals surface area contributed by atoms with Crippen LogP contribution in [0.3, 0.4) is 0 Å². The molecule has 3 aromatic rings. The Balaban J connectivity index is 1.90. The number of aliphatic hydroxyl groups is 1. The van der Waals surface area contributed by atoms with Crippen LogP contribution in [0.5, 0.6) is 0 Å². The number of hydrogen-bond acceptors (Lipinski definition) is 6. The van der Waals surface area contributed by atoms with Crippen molar-refractivity contribution in [2.75, 3.05) is 5.32 Å². The lowest BCUT2D eigenvalue weighted by molar-refractivity contribution is 0.159. The van der Waals surface area contributed by atoms with Gasteiger partial charge in [-0.1, -0.05) is 27.5 Å². The molecule has 1 unspecified atom stereocenters. The van der Waals surface area contributed by atoms with Crippen LogP contribution in [0, 0.1) is 18.3 Å². The molecular weight excluding hydrogens is 432 g/mol. The molecule has 0 aliphatic rings. The molecule has 0 aliphatic carbocycles. The fourth-order valence-electron chi connectivity index (χ4n) is 2.55. The molecule has 6 nitrogen and oxygen atoms in total. The van der Waals surface area contributed by atoms with Gasteiger partial charge in [0.25, 0.3) is 0 Å². The van der Waals surface area contributed by atoms with Crippen molar-refractivity contribution >= 4 is 33.2 Å². The lowest BCUT2D eigenvalue weighted by atomic mass is 10.1. The zero-order valence-electron chi connectivity index (χ0n) is 14.6. The van der Waals surface area contributed by atoms with Crippen LogP contribution in [0.1, 0.15) is 30.0 Å². The van der Waals surface area contributed by atoms with Crippen molar-refractivity contribution in [1.82, 2.24) is 10.2 Å². The second-order valence-electron chi connectivity index (χ2n) is 6.03. The average molecular weight is 448 g/mol. The molecule has 1 heterocycles. The highest BCUT2D eigenvalue weighted by molar-refractivity contribution is 9.10. The van der Waals surface area contributed by atoms with E-state index >= 15 is 0 Å². The highest BCUT2D eigenvalue weighted by atomic mass is 79.9. The summed E-state index contributed by atoms with van der Waals surface area (Å²) >= 11 is 9.61. The first-order valence-electron chi connectivity index (χ1n) is 8.14. The minimum atomic E-state index is -0.808. The summed E-state index contributed by atoms with van der Waals surface area (Å²) in [6, 6.07) is 12.2. The van der Waals surface area contributed by atoms with E-state index in [1.165, 1.54) is 0 Å². The fourth-order valence-corrected chi connectivity index (χ4v) is 3.02. The number of nitrogens with zero attached hydrogens (tertiary/aromatic N) is 3. The van der Waals surface area contributed by atoms with Crippen molar-refractivity contribution < 1.29 is 9.52 Å². The maximum absolute atomic E-state index is 10.2. The molecule has 3 rings (SSSR count). The van der Waals surface area contributed by atoms with Crippen LogP contribution >= 0.6 is 27.5 Å². The summed E-state index contributed by atoms with van der Waals surface area (Å²) in [4.78, 5) is 0. The zero-order valence-corrected chi connectivity index (χ0v) is 16.9. The maximum atomic E-state index is 10.2. The van der Waals surface area contributed by atoms with E-state index in [9.17, 15) is 5.11 Å². The van der Waals surface area contributed by atoms with Gasteiger partial charge in [0.1, 0.15) is 12.1 Å². The summed E-state index contributed by atoms with van der Waals surface area (Å²) in [6.45, 7) is 3.42. The van der Waals surface area contributed by atoms with E-state index in [1.807, 2.05) is 30.3 Å². The summed E-state index contributed by atoms with van der Waals surface area (Å²) in [5, 5.41) is 31.0. The lowest BCUT2D eigenvalue weighted by Crippen LogP contribution is -2.23. The van der Waals surface area contributed by atoms with Crippen LogP contribution in [-0.4, -0.2) is 21.4 Å². The van der Waals surface area contributed by atoms with Crippen molar-refractivity contribution in [3.8, 4) is 17.5 Å². The molecule has 2 N–H and O–H groups in total. The first-order valence-corrected chi connectivity index (χ1v) is 9.31. The molecular formula is C19H16BrClN4O2. The molecule has 0 amide bonds. The predicted octanol–water partition coefficient (Wildman–Crippen LogP) is 4.87. The van der Waals surface area contributed by atoms with Gasteiger partial charge in [-0.05, 0) is 55.8 Å². The number of benzene rings is 2. The zero-order chi connectivity index (χ0) is 19.6. The summed E-state index contributed by atoms with van der Waals surface area (Å²) in [5.74, 6) is 0.613. The maximum Gasteiger partial charge on any atom is 0.247 e. The standard InChI is InChI=1S/C19H16BrClN4O2/c1-10-15(8-5-13(9-22)16(10)21)23-17(11(2)26)19-25-24-18(27-19)12-3-6-14(20)7-4-12/h3-8,11,17,23,26H,1-2H3/t11-,17?/m0/s1. The summed E-state index contributed by atoms with van der Waals surface area (Å²) in [5.41, 5.74) is 2.55. The summed E-state index contributed by atoms with van der Waals surface area (Å²) < 4.78 is 6.72. The van der Waals surface area contributed by atoms with Gasteiger partial charge in [0.05, 0.1) is 16.7 Å². The third-order valence-corrected chi connectivity index (χ3v) is 5.11. The number of rotatable bonds is 5. The molecule has 138 valence electrons. The average Bonchev–Trinajstić information content (AvgIpc) is 3.13. The molecule has 0 radical (unpaired) electrons. The van der Waals surface area contributed by atoms with Gasteiger partial charge in [-0.2, -0.15) is 5.26 Å². The van der Waals surface area contributed by atoms with Gasteiger partial charge in [0.2, 0.25) is 11.8 Å². The first-order chi connectivity index (χ1) is 12.9. The molecule has 0 bridgehead atoms. The quantitative estimate of drug-likeness (QED) is 0.579. The van der Waals surface area contributed by atoms with Crippen molar-refractivity contribution in [3.05, 3.63) is 62.9 Å². The minimum absolute atomic E-state index is 0.253.